The Labute approximate surface area is 163 Å². The minimum absolute atomic E-state index is 0.0503. The van der Waals surface area contributed by atoms with E-state index in [0.717, 1.165) is 25.5 Å². The zero-order chi connectivity index (χ0) is 19.4. The summed E-state index contributed by atoms with van der Waals surface area (Å²) in [5.74, 6) is 1.49. The van der Waals surface area contributed by atoms with Gasteiger partial charge in [-0.3, -0.25) is 9.79 Å². The Morgan fingerprint density at radius 2 is 1.96 bits per heavy atom. The molecule has 0 aromatic rings. The van der Waals surface area contributed by atoms with Crippen LogP contribution in [-0.4, -0.2) is 63.0 Å². The molecule has 7 nitrogen and oxygen atoms in total. The molecule has 1 aliphatic carbocycles. The van der Waals surface area contributed by atoms with E-state index in [4.69, 9.17) is 4.74 Å². The highest BCUT2D eigenvalue weighted by Gasteiger charge is 2.34. The molecule has 1 heterocycles. The quantitative estimate of drug-likeness (QED) is 0.260. The number of aliphatic hydroxyl groups excluding tert-OH is 1. The molecule has 2 aliphatic rings. The first-order chi connectivity index (χ1) is 13.2. The van der Waals surface area contributed by atoms with Gasteiger partial charge in [-0.25, -0.2) is 0 Å². The average molecular weight is 383 g/mol. The SMILES string of the molecule is CCNC(=NCC1(CCO)CCOC1)NCCNC(=O)CC1CCCCC1. The zero-order valence-electron chi connectivity index (χ0n) is 16.9. The van der Waals surface area contributed by atoms with Crippen LogP contribution < -0.4 is 16.0 Å². The molecule has 4 N–H and O–H groups in total. The van der Waals surface area contributed by atoms with E-state index in [0.29, 0.717) is 45.0 Å². The van der Waals surface area contributed by atoms with E-state index in [2.05, 4.69) is 20.9 Å². The maximum Gasteiger partial charge on any atom is 0.220 e. The molecule has 2 fully saturated rings. The molecule has 0 aromatic heterocycles. The summed E-state index contributed by atoms with van der Waals surface area (Å²) < 4.78 is 5.52. The van der Waals surface area contributed by atoms with Crippen molar-refractivity contribution in [1.29, 1.82) is 0 Å². The van der Waals surface area contributed by atoms with E-state index in [1.807, 2.05) is 6.92 Å². The monoisotopic (exact) mass is 382 g/mol. The van der Waals surface area contributed by atoms with Crippen LogP contribution in [0.1, 0.15) is 58.3 Å². The Balaban J connectivity index is 1.69. The minimum Gasteiger partial charge on any atom is -0.396 e. The molecule has 156 valence electrons. The summed E-state index contributed by atoms with van der Waals surface area (Å²) >= 11 is 0. The lowest BCUT2D eigenvalue weighted by molar-refractivity contribution is -0.122. The predicted molar refractivity (Wildman–Crippen MR) is 108 cm³/mol. The van der Waals surface area contributed by atoms with Gasteiger partial charge in [-0.2, -0.15) is 0 Å². The summed E-state index contributed by atoms with van der Waals surface area (Å²) in [5.41, 5.74) is -0.0503. The van der Waals surface area contributed by atoms with Crippen LogP contribution >= 0.6 is 0 Å². The Morgan fingerprint density at radius 1 is 1.19 bits per heavy atom. The van der Waals surface area contributed by atoms with Crippen LogP contribution in [0.25, 0.3) is 0 Å². The molecular formula is C20H38N4O3. The van der Waals surface area contributed by atoms with Gasteiger partial charge in [0.2, 0.25) is 5.91 Å². The third-order valence-electron chi connectivity index (χ3n) is 5.68. The van der Waals surface area contributed by atoms with Crippen molar-refractivity contribution in [2.24, 2.45) is 16.3 Å². The fraction of sp³-hybridized carbons (Fsp3) is 0.900. The van der Waals surface area contributed by atoms with Gasteiger partial charge in [0.05, 0.1) is 13.2 Å². The second kappa shape index (κ2) is 12.2. The molecule has 0 bridgehead atoms. The second-order valence-electron chi connectivity index (χ2n) is 7.96. The molecule has 27 heavy (non-hydrogen) atoms. The number of hydrogen-bond donors (Lipinski definition) is 4. The topological polar surface area (TPSA) is 95.0 Å². The van der Waals surface area contributed by atoms with Gasteiger partial charge in [0.25, 0.3) is 0 Å². The molecule has 0 radical (unpaired) electrons. The van der Waals surface area contributed by atoms with Crippen molar-refractivity contribution < 1.29 is 14.6 Å². The molecule has 1 saturated heterocycles. The molecule has 7 heteroatoms. The smallest absolute Gasteiger partial charge is 0.220 e. The van der Waals surface area contributed by atoms with Crippen molar-refractivity contribution in [3.63, 3.8) is 0 Å². The molecule has 1 atom stereocenters. The van der Waals surface area contributed by atoms with Crippen molar-refractivity contribution in [3.8, 4) is 0 Å². The van der Waals surface area contributed by atoms with E-state index < -0.39 is 0 Å². The molecule has 1 saturated carbocycles. The number of amides is 1. The number of nitrogens with zero attached hydrogens (tertiary/aromatic N) is 1. The third-order valence-corrected chi connectivity index (χ3v) is 5.68. The van der Waals surface area contributed by atoms with Crippen LogP contribution in [0.2, 0.25) is 0 Å². The number of ether oxygens (including phenoxy) is 1. The number of rotatable bonds is 10. The fourth-order valence-electron chi connectivity index (χ4n) is 3.98. The van der Waals surface area contributed by atoms with Gasteiger partial charge < -0.3 is 25.8 Å². The lowest BCUT2D eigenvalue weighted by atomic mass is 9.84. The number of nitrogens with one attached hydrogen (secondary N) is 3. The number of aliphatic imine (C=N–C) groups is 1. The van der Waals surface area contributed by atoms with Crippen molar-refractivity contribution in [3.05, 3.63) is 0 Å². The number of carbonyl (C=O) groups excluding carboxylic acids is 1. The number of hydrogen-bond acceptors (Lipinski definition) is 4. The van der Waals surface area contributed by atoms with Crippen LogP contribution in [0, 0.1) is 11.3 Å². The lowest BCUT2D eigenvalue weighted by Crippen LogP contribution is -2.42. The van der Waals surface area contributed by atoms with Gasteiger partial charge in [0, 0.05) is 44.7 Å². The summed E-state index contributed by atoms with van der Waals surface area (Å²) in [6.45, 7) is 6.26. The minimum atomic E-state index is -0.0503. The standard InChI is InChI=1S/C20H38N4O3/c1-2-21-19(24-15-20(8-12-25)9-13-27-16-20)23-11-10-22-18(26)14-17-6-4-3-5-7-17/h17,25H,2-16H2,1H3,(H,22,26)(H2,21,23,24). The van der Waals surface area contributed by atoms with Gasteiger partial charge >= 0.3 is 0 Å². The number of carbonyl (C=O) groups is 1. The number of aliphatic hydroxyl groups is 1. The molecular weight excluding hydrogens is 344 g/mol. The largest absolute Gasteiger partial charge is 0.396 e. The number of guanidine groups is 1. The molecule has 1 amide bonds. The summed E-state index contributed by atoms with van der Waals surface area (Å²) in [5, 5.41) is 18.9. The van der Waals surface area contributed by atoms with Crippen LogP contribution in [0.3, 0.4) is 0 Å². The van der Waals surface area contributed by atoms with Crippen molar-refractivity contribution in [2.45, 2.75) is 58.3 Å². The average Bonchev–Trinajstić information content (AvgIpc) is 3.13. The van der Waals surface area contributed by atoms with Crippen LogP contribution in [-0.2, 0) is 9.53 Å². The maximum atomic E-state index is 12.1. The summed E-state index contributed by atoms with van der Waals surface area (Å²) in [7, 11) is 0. The summed E-state index contributed by atoms with van der Waals surface area (Å²) in [4.78, 5) is 16.8. The highest BCUT2D eigenvalue weighted by Crippen LogP contribution is 2.32. The molecule has 0 spiro atoms. The Kier molecular flexibility index (Phi) is 9.91. The van der Waals surface area contributed by atoms with Gasteiger partial charge in [0.15, 0.2) is 5.96 Å². The van der Waals surface area contributed by atoms with E-state index in [-0.39, 0.29) is 17.9 Å². The first-order valence-corrected chi connectivity index (χ1v) is 10.6. The van der Waals surface area contributed by atoms with Crippen molar-refractivity contribution >= 4 is 11.9 Å². The predicted octanol–water partition coefficient (Wildman–Crippen LogP) is 1.42. The lowest BCUT2D eigenvalue weighted by Gasteiger charge is -2.25. The Bertz CT molecular complexity index is 458. The van der Waals surface area contributed by atoms with Crippen LogP contribution in [0.4, 0.5) is 0 Å². The van der Waals surface area contributed by atoms with Crippen LogP contribution in [0.5, 0.6) is 0 Å². The molecule has 1 unspecified atom stereocenters. The first kappa shape index (κ1) is 22.0. The Hall–Kier alpha value is -1.34. The van der Waals surface area contributed by atoms with E-state index in [9.17, 15) is 9.90 Å². The normalized spacial score (nSPS) is 24.0. The van der Waals surface area contributed by atoms with Gasteiger partial charge in [-0.1, -0.05) is 19.3 Å². The third kappa shape index (κ3) is 8.05. The first-order valence-electron chi connectivity index (χ1n) is 10.6. The second-order valence-corrected chi connectivity index (χ2v) is 7.96. The van der Waals surface area contributed by atoms with Gasteiger partial charge in [0.1, 0.15) is 0 Å². The van der Waals surface area contributed by atoms with Gasteiger partial charge in [-0.05, 0) is 38.5 Å². The van der Waals surface area contributed by atoms with Crippen molar-refractivity contribution in [2.75, 3.05) is 46.0 Å². The maximum absolute atomic E-state index is 12.1. The highest BCUT2D eigenvalue weighted by molar-refractivity contribution is 5.80. The van der Waals surface area contributed by atoms with Crippen LogP contribution in [0.15, 0.2) is 4.99 Å². The highest BCUT2D eigenvalue weighted by atomic mass is 16.5. The summed E-state index contributed by atoms with van der Waals surface area (Å²) in [6, 6.07) is 0. The molecule has 1 aliphatic heterocycles. The van der Waals surface area contributed by atoms with E-state index >= 15 is 0 Å². The summed E-state index contributed by atoms with van der Waals surface area (Å²) in [6.07, 6.45) is 8.57. The Morgan fingerprint density at radius 3 is 2.63 bits per heavy atom. The van der Waals surface area contributed by atoms with E-state index in [1.165, 1.54) is 32.1 Å². The van der Waals surface area contributed by atoms with E-state index in [1.54, 1.807) is 0 Å². The van der Waals surface area contributed by atoms with Crippen molar-refractivity contribution in [1.82, 2.24) is 16.0 Å². The van der Waals surface area contributed by atoms with Gasteiger partial charge in [-0.15, -0.1) is 0 Å². The molecule has 2 rings (SSSR count). The molecule has 0 aromatic carbocycles. The fourth-order valence-corrected chi connectivity index (χ4v) is 3.98. The zero-order valence-corrected chi connectivity index (χ0v) is 16.9.